The van der Waals surface area contributed by atoms with Gasteiger partial charge in [-0.3, -0.25) is 9.59 Å². The molecule has 0 N–H and O–H groups in total. The van der Waals surface area contributed by atoms with Crippen LogP contribution in [0.5, 0.6) is 11.5 Å². The minimum Gasteiger partial charge on any atom is -0.480 e. The maximum Gasteiger partial charge on any atom is 0.260 e. The molecule has 0 aliphatic rings. The fourth-order valence-corrected chi connectivity index (χ4v) is 6.90. The quantitative estimate of drug-likeness (QED) is 0.0649. The molecule has 0 aliphatic heterocycles. The number of carbonyl (C=O) groups excluding carboxylic acids is 2. The molecular formula is C42H74Br2N2O4. The average Bonchev–Trinajstić information content (AvgIpc) is 3.11. The second-order valence-electron chi connectivity index (χ2n) is 14.1. The molecule has 6 nitrogen and oxygen atoms in total. The first-order valence-electron chi connectivity index (χ1n) is 20.7. The summed E-state index contributed by atoms with van der Waals surface area (Å²) in [7, 11) is 0. The van der Waals surface area contributed by atoms with Gasteiger partial charge in [-0.1, -0.05) is 156 Å². The molecule has 0 fully saturated rings. The number of halogens is 2. The van der Waals surface area contributed by atoms with Crippen molar-refractivity contribution in [3.63, 3.8) is 0 Å². The number of hydrogen-bond donors (Lipinski definition) is 0. The van der Waals surface area contributed by atoms with Crippen molar-refractivity contribution >= 4 is 43.7 Å². The zero-order chi connectivity index (χ0) is 36.7. The molecule has 290 valence electrons. The molecule has 0 unspecified atom stereocenters. The Balaban J connectivity index is 2.85. The van der Waals surface area contributed by atoms with Crippen molar-refractivity contribution in [3.8, 4) is 11.5 Å². The molecule has 50 heavy (non-hydrogen) atoms. The number of amides is 2. The summed E-state index contributed by atoms with van der Waals surface area (Å²) in [4.78, 5) is 31.0. The number of hydrogen-bond acceptors (Lipinski definition) is 4. The summed E-state index contributed by atoms with van der Waals surface area (Å²) in [5.41, 5.74) is 0. The maximum absolute atomic E-state index is 13.5. The van der Waals surface area contributed by atoms with Crippen molar-refractivity contribution in [1.82, 2.24) is 9.80 Å². The van der Waals surface area contributed by atoms with E-state index >= 15 is 0 Å². The van der Waals surface area contributed by atoms with Gasteiger partial charge in [-0.05, 0) is 69.7 Å². The molecule has 2 amide bonds. The number of carbonyl (C=O) groups is 2. The van der Waals surface area contributed by atoms with Gasteiger partial charge in [-0.15, -0.1) is 0 Å². The highest BCUT2D eigenvalue weighted by Crippen LogP contribution is 2.36. The van der Waals surface area contributed by atoms with E-state index in [4.69, 9.17) is 9.47 Å². The SMILES string of the molecule is CCCCCCCCN(CCCCCCCC)C(=O)COc1cc(Br)c(Br)cc1OCC(=O)N(CCCCCCCC)CCCCCCCC. The lowest BCUT2D eigenvalue weighted by Gasteiger charge is -2.24. The lowest BCUT2D eigenvalue weighted by atomic mass is 10.1. The van der Waals surface area contributed by atoms with Gasteiger partial charge >= 0.3 is 0 Å². The molecule has 1 aromatic carbocycles. The fourth-order valence-electron chi connectivity index (χ4n) is 6.25. The second-order valence-corrected chi connectivity index (χ2v) is 15.8. The third-order valence-corrected chi connectivity index (χ3v) is 11.4. The van der Waals surface area contributed by atoms with Crippen LogP contribution < -0.4 is 9.47 Å². The summed E-state index contributed by atoms with van der Waals surface area (Å²) < 4.78 is 13.9. The van der Waals surface area contributed by atoms with Crippen LogP contribution in [-0.2, 0) is 9.59 Å². The summed E-state index contributed by atoms with van der Waals surface area (Å²) in [5.74, 6) is 0.965. The van der Waals surface area contributed by atoms with Crippen LogP contribution in [0, 0.1) is 0 Å². The zero-order valence-corrected chi connectivity index (χ0v) is 35.8. The summed E-state index contributed by atoms with van der Waals surface area (Å²) in [5, 5.41) is 0. The van der Waals surface area contributed by atoms with Gasteiger partial charge in [0, 0.05) is 35.1 Å². The second kappa shape index (κ2) is 32.4. The van der Waals surface area contributed by atoms with Crippen molar-refractivity contribution in [2.75, 3.05) is 39.4 Å². The van der Waals surface area contributed by atoms with Crippen molar-refractivity contribution in [1.29, 1.82) is 0 Å². The van der Waals surface area contributed by atoms with Gasteiger partial charge in [0.15, 0.2) is 24.7 Å². The van der Waals surface area contributed by atoms with E-state index in [0.717, 1.165) is 86.5 Å². The van der Waals surface area contributed by atoms with Crippen molar-refractivity contribution in [2.45, 2.75) is 182 Å². The standard InChI is InChI=1S/C42H74Br2N2O4/c1-5-9-13-17-21-25-29-45(30-26-22-18-14-10-6-2)41(47)35-49-39-33-37(43)38(44)34-40(39)50-36-42(48)46(31-27-23-19-15-11-7-3)32-28-24-20-16-12-8-4/h33-34H,5-32,35-36H2,1-4H3. The lowest BCUT2D eigenvalue weighted by Crippen LogP contribution is -2.37. The molecule has 0 radical (unpaired) electrons. The topological polar surface area (TPSA) is 59.1 Å². The van der Waals surface area contributed by atoms with Crippen LogP contribution in [0.3, 0.4) is 0 Å². The molecular weight excluding hydrogens is 756 g/mol. The molecule has 0 aromatic heterocycles. The van der Waals surface area contributed by atoms with Gasteiger partial charge in [0.05, 0.1) is 0 Å². The van der Waals surface area contributed by atoms with E-state index < -0.39 is 0 Å². The number of nitrogens with zero attached hydrogens (tertiary/aromatic N) is 2. The molecule has 0 heterocycles. The van der Waals surface area contributed by atoms with Crippen LogP contribution in [0.4, 0.5) is 0 Å². The molecule has 0 bridgehead atoms. The van der Waals surface area contributed by atoms with Crippen LogP contribution in [0.25, 0.3) is 0 Å². The Morgan fingerprint density at radius 1 is 0.440 bits per heavy atom. The zero-order valence-electron chi connectivity index (χ0n) is 32.7. The van der Waals surface area contributed by atoms with Gasteiger partial charge in [-0.25, -0.2) is 0 Å². The van der Waals surface area contributed by atoms with E-state index in [1.807, 2.05) is 21.9 Å². The van der Waals surface area contributed by atoms with Crippen LogP contribution >= 0.6 is 31.9 Å². The third-order valence-electron chi connectivity index (χ3n) is 9.52. The van der Waals surface area contributed by atoms with Crippen LogP contribution in [0.2, 0.25) is 0 Å². The first-order valence-corrected chi connectivity index (χ1v) is 22.3. The Bertz CT molecular complexity index is 884. The maximum atomic E-state index is 13.5. The predicted molar refractivity (Wildman–Crippen MR) is 219 cm³/mol. The van der Waals surface area contributed by atoms with E-state index in [-0.39, 0.29) is 25.0 Å². The Morgan fingerprint density at radius 3 is 0.940 bits per heavy atom. The largest absolute Gasteiger partial charge is 0.480 e. The summed E-state index contributed by atoms with van der Waals surface area (Å²) >= 11 is 7.18. The van der Waals surface area contributed by atoms with E-state index in [1.165, 1.54) is 103 Å². The van der Waals surface area contributed by atoms with E-state index in [0.29, 0.717) is 11.5 Å². The highest BCUT2D eigenvalue weighted by molar-refractivity contribution is 9.13. The minimum atomic E-state index is -0.0494. The van der Waals surface area contributed by atoms with E-state index in [9.17, 15) is 9.59 Å². The molecule has 0 saturated carbocycles. The smallest absolute Gasteiger partial charge is 0.260 e. The third kappa shape index (κ3) is 23.3. The van der Waals surface area contributed by atoms with Gasteiger partial charge in [-0.2, -0.15) is 0 Å². The predicted octanol–water partition coefficient (Wildman–Crippen LogP) is 13.1. The first kappa shape index (κ1) is 46.7. The minimum absolute atomic E-state index is 0.0113. The van der Waals surface area contributed by atoms with Gasteiger partial charge < -0.3 is 19.3 Å². The molecule has 1 aromatic rings. The monoisotopic (exact) mass is 828 g/mol. The lowest BCUT2D eigenvalue weighted by molar-refractivity contribution is -0.134. The number of rotatable bonds is 34. The van der Waals surface area contributed by atoms with Crippen LogP contribution in [-0.4, -0.2) is 61.0 Å². The van der Waals surface area contributed by atoms with Gasteiger partial charge in [0.25, 0.3) is 11.8 Å². The molecule has 8 heteroatoms. The summed E-state index contributed by atoms with van der Waals surface area (Å²) in [6.07, 6.45) is 28.8. The van der Waals surface area contributed by atoms with Crippen molar-refractivity contribution < 1.29 is 19.1 Å². The van der Waals surface area contributed by atoms with Gasteiger partial charge in [0.2, 0.25) is 0 Å². The van der Waals surface area contributed by atoms with Crippen LogP contribution in [0.1, 0.15) is 182 Å². The molecule has 0 aliphatic carbocycles. The van der Waals surface area contributed by atoms with Gasteiger partial charge in [0.1, 0.15) is 0 Å². The Morgan fingerprint density at radius 2 is 0.680 bits per heavy atom. The highest BCUT2D eigenvalue weighted by atomic mass is 79.9. The highest BCUT2D eigenvalue weighted by Gasteiger charge is 2.19. The van der Waals surface area contributed by atoms with Crippen molar-refractivity contribution in [3.05, 3.63) is 21.1 Å². The molecule has 0 atom stereocenters. The van der Waals surface area contributed by atoms with Crippen molar-refractivity contribution in [2.24, 2.45) is 0 Å². The number of ether oxygens (including phenoxy) is 2. The Labute approximate surface area is 324 Å². The van der Waals surface area contributed by atoms with Crippen LogP contribution in [0.15, 0.2) is 21.1 Å². The first-order chi connectivity index (χ1) is 24.4. The summed E-state index contributed by atoms with van der Waals surface area (Å²) in [6, 6.07) is 3.65. The molecule has 0 saturated heterocycles. The molecule has 0 spiro atoms. The normalized spacial score (nSPS) is 11.2. The summed E-state index contributed by atoms with van der Waals surface area (Å²) in [6.45, 7) is 12.0. The Hall–Kier alpha value is -1.28. The van der Waals surface area contributed by atoms with E-state index in [1.54, 1.807) is 0 Å². The average molecular weight is 831 g/mol. The van der Waals surface area contributed by atoms with E-state index in [2.05, 4.69) is 59.6 Å². The number of benzene rings is 1. The molecule has 1 rings (SSSR count). The fraction of sp³-hybridized carbons (Fsp3) is 0.810. The Kier molecular flexibility index (Phi) is 30.3. The number of unbranched alkanes of at least 4 members (excludes halogenated alkanes) is 20.